The number of fused-ring (bicyclic) bond motifs is 1. The van der Waals surface area contributed by atoms with E-state index in [0.717, 1.165) is 6.54 Å². The molecule has 0 aromatic carbocycles. The van der Waals surface area contributed by atoms with Crippen LogP contribution in [0.2, 0.25) is 0 Å². The van der Waals surface area contributed by atoms with Gasteiger partial charge in [0.05, 0.1) is 2.88 Å². The van der Waals surface area contributed by atoms with Gasteiger partial charge in [0, 0.05) is 29.9 Å². The van der Waals surface area contributed by atoms with E-state index in [9.17, 15) is 4.79 Å². The Kier molecular flexibility index (Phi) is 4.44. The Morgan fingerprint density at radius 2 is 2.26 bits per heavy atom. The highest BCUT2D eigenvalue weighted by Crippen LogP contribution is 2.36. The van der Waals surface area contributed by atoms with Crippen LogP contribution in [0.4, 0.5) is 0 Å². The van der Waals surface area contributed by atoms with Gasteiger partial charge in [-0.1, -0.05) is 0 Å². The van der Waals surface area contributed by atoms with Crippen molar-refractivity contribution in [3.05, 3.63) is 19.4 Å². The van der Waals surface area contributed by atoms with Crippen molar-refractivity contribution in [3.63, 3.8) is 0 Å². The third kappa shape index (κ3) is 3.70. The van der Waals surface area contributed by atoms with Crippen molar-refractivity contribution in [2.24, 2.45) is 0 Å². The Balaban J connectivity index is 1.48. The minimum atomic E-state index is 0.200. The molecule has 1 saturated carbocycles. The Morgan fingerprint density at radius 1 is 1.42 bits per heavy atom. The molecule has 1 amide bonds. The first kappa shape index (κ1) is 13.8. The van der Waals surface area contributed by atoms with Crippen LogP contribution in [0, 0.1) is 2.88 Å². The molecule has 19 heavy (non-hydrogen) atoms. The van der Waals surface area contributed by atoms with Gasteiger partial charge >= 0.3 is 0 Å². The molecule has 3 nitrogen and oxygen atoms in total. The van der Waals surface area contributed by atoms with E-state index in [-0.39, 0.29) is 5.91 Å². The highest BCUT2D eigenvalue weighted by atomic mass is 127. The number of nitrogens with one attached hydrogen (secondary N) is 2. The summed E-state index contributed by atoms with van der Waals surface area (Å²) in [4.78, 5) is 13.2. The summed E-state index contributed by atoms with van der Waals surface area (Å²) in [6.45, 7) is 0.787. The van der Waals surface area contributed by atoms with Crippen LogP contribution in [-0.2, 0) is 11.2 Å². The minimum absolute atomic E-state index is 0.200. The standard InChI is InChI=1S/C14H19IN2OS/c15-13-8-10-11(2-1-3-12(10)19-13)16-7-6-14(18)17-9-4-5-9/h8-9,11,16H,1-7H2,(H,17,18). The Morgan fingerprint density at radius 3 is 3.05 bits per heavy atom. The zero-order chi connectivity index (χ0) is 13.2. The van der Waals surface area contributed by atoms with E-state index in [4.69, 9.17) is 0 Å². The second kappa shape index (κ2) is 6.10. The van der Waals surface area contributed by atoms with Crippen LogP contribution in [0.3, 0.4) is 0 Å². The molecule has 5 heteroatoms. The lowest BCUT2D eigenvalue weighted by molar-refractivity contribution is -0.121. The molecule has 0 saturated heterocycles. The average Bonchev–Trinajstić information content (AvgIpc) is 3.08. The molecule has 1 heterocycles. The molecule has 0 aliphatic heterocycles. The van der Waals surface area contributed by atoms with E-state index in [1.165, 1.54) is 45.4 Å². The predicted octanol–water partition coefficient (Wildman–Crippen LogP) is 2.99. The molecule has 3 rings (SSSR count). The van der Waals surface area contributed by atoms with Crippen LogP contribution in [0.5, 0.6) is 0 Å². The fraction of sp³-hybridized carbons (Fsp3) is 0.643. The minimum Gasteiger partial charge on any atom is -0.353 e. The number of thiophene rings is 1. The first-order valence-corrected chi connectivity index (χ1v) is 8.93. The van der Waals surface area contributed by atoms with Crippen molar-refractivity contribution in [1.82, 2.24) is 10.6 Å². The van der Waals surface area contributed by atoms with Gasteiger partial charge in [-0.25, -0.2) is 0 Å². The fourth-order valence-electron chi connectivity index (χ4n) is 2.62. The second-order valence-electron chi connectivity index (χ2n) is 5.42. The highest BCUT2D eigenvalue weighted by Gasteiger charge is 2.24. The summed E-state index contributed by atoms with van der Waals surface area (Å²) in [7, 11) is 0. The largest absolute Gasteiger partial charge is 0.353 e. The number of aryl methyl sites for hydroxylation is 1. The maximum absolute atomic E-state index is 11.6. The lowest BCUT2D eigenvalue weighted by Gasteiger charge is -2.23. The van der Waals surface area contributed by atoms with Crippen molar-refractivity contribution >= 4 is 39.8 Å². The maximum Gasteiger partial charge on any atom is 0.221 e. The molecule has 2 aliphatic rings. The van der Waals surface area contributed by atoms with Crippen molar-refractivity contribution < 1.29 is 4.79 Å². The Labute approximate surface area is 131 Å². The number of carbonyl (C=O) groups excluding carboxylic acids is 1. The third-order valence-electron chi connectivity index (χ3n) is 3.77. The third-order valence-corrected chi connectivity index (χ3v) is 5.74. The van der Waals surface area contributed by atoms with E-state index in [2.05, 4.69) is 39.3 Å². The van der Waals surface area contributed by atoms with Gasteiger partial charge in [-0.05, 0) is 66.3 Å². The van der Waals surface area contributed by atoms with Crippen molar-refractivity contribution in [2.45, 2.75) is 50.6 Å². The molecule has 2 N–H and O–H groups in total. The van der Waals surface area contributed by atoms with Crippen LogP contribution >= 0.6 is 33.9 Å². The van der Waals surface area contributed by atoms with E-state index in [1.807, 2.05) is 11.3 Å². The van der Waals surface area contributed by atoms with E-state index >= 15 is 0 Å². The number of hydrogen-bond donors (Lipinski definition) is 2. The van der Waals surface area contributed by atoms with Gasteiger partial charge in [-0.3, -0.25) is 4.79 Å². The molecule has 1 unspecified atom stereocenters. The van der Waals surface area contributed by atoms with E-state index < -0.39 is 0 Å². The predicted molar refractivity (Wildman–Crippen MR) is 86.5 cm³/mol. The van der Waals surface area contributed by atoms with Gasteiger partial charge in [-0.2, -0.15) is 0 Å². The molecule has 0 bridgehead atoms. The molecule has 104 valence electrons. The van der Waals surface area contributed by atoms with Crippen LogP contribution in [0.1, 0.15) is 48.6 Å². The van der Waals surface area contributed by atoms with Crippen LogP contribution in [0.15, 0.2) is 6.07 Å². The summed E-state index contributed by atoms with van der Waals surface area (Å²) >= 11 is 4.32. The van der Waals surface area contributed by atoms with Gasteiger partial charge in [0.25, 0.3) is 0 Å². The average molecular weight is 390 g/mol. The summed E-state index contributed by atoms with van der Waals surface area (Å²) in [5.74, 6) is 0.200. The number of halogens is 1. The second-order valence-corrected chi connectivity index (χ2v) is 8.45. The number of hydrogen-bond acceptors (Lipinski definition) is 3. The molecular formula is C14H19IN2OS. The van der Waals surface area contributed by atoms with Gasteiger partial charge < -0.3 is 10.6 Å². The molecule has 1 aromatic heterocycles. The molecule has 1 atom stereocenters. The fourth-order valence-corrected chi connectivity index (χ4v) is 4.74. The molecule has 2 aliphatic carbocycles. The lowest BCUT2D eigenvalue weighted by Crippen LogP contribution is -2.31. The normalized spacial score (nSPS) is 22.1. The SMILES string of the molecule is O=C(CCNC1CCCc2sc(I)cc21)NC1CC1. The van der Waals surface area contributed by atoms with Crippen molar-refractivity contribution in [1.29, 1.82) is 0 Å². The summed E-state index contributed by atoms with van der Waals surface area (Å²) in [5, 5.41) is 6.59. The van der Waals surface area contributed by atoms with Crippen molar-refractivity contribution in [2.75, 3.05) is 6.54 Å². The quantitative estimate of drug-likeness (QED) is 0.760. The van der Waals surface area contributed by atoms with Gasteiger partial charge in [0.1, 0.15) is 0 Å². The van der Waals surface area contributed by atoms with Crippen LogP contribution in [0.25, 0.3) is 0 Å². The molecule has 0 spiro atoms. The molecule has 0 radical (unpaired) electrons. The summed E-state index contributed by atoms with van der Waals surface area (Å²) in [6, 6.07) is 3.24. The summed E-state index contributed by atoms with van der Waals surface area (Å²) in [5.41, 5.74) is 1.48. The van der Waals surface area contributed by atoms with Crippen LogP contribution < -0.4 is 10.6 Å². The van der Waals surface area contributed by atoms with Crippen LogP contribution in [-0.4, -0.2) is 18.5 Å². The first-order chi connectivity index (χ1) is 9.22. The topological polar surface area (TPSA) is 41.1 Å². The maximum atomic E-state index is 11.6. The van der Waals surface area contributed by atoms with E-state index in [1.54, 1.807) is 0 Å². The molecule has 1 fully saturated rings. The smallest absolute Gasteiger partial charge is 0.221 e. The monoisotopic (exact) mass is 390 g/mol. The zero-order valence-electron chi connectivity index (χ0n) is 10.9. The lowest BCUT2D eigenvalue weighted by atomic mass is 9.94. The Hall–Kier alpha value is -0.140. The van der Waals surface area contributed by atoms with E-state index in [0.29, 0.717) is 18.5 Å². The summed E-state index contributed by atoms with van der Waals surface area (Å²) < 4.78 is 1.38. The summed E-state index contributed by atoms with van der Waals surface area (Å²) in [6.07, 6.45) is 6.61. The number of carbonyl (C=O) groups is 1. The molecule has 1 aromatic rings. The van der Waals surface area contributed by atoms with Gasteiger partial charge in [0.2, 0.25) is 5.91 Å². The zero-order valence-corrected chi connectivity index (χ0v) is 13.9. The molecular weight excluding hydrogens is 371 g/mol. The highest BCUT2D eigenvalue weighted by molar-refractivity contribution is 14.1. The van der Waals surface area contributed by atoms with Crippen molar-refractivity contribution in [3.8, 4) is 0 Å². The van der Waals surface area contributed by atoms with Gasteiger partial charge in [-0.15, -0.1) is 11.3 Å². The van der Waals surface area contributed by atoms with Gasteiger partial charge in [0.15, 0.2) is 0 Å². The Bertz CT molecular complexity index is 470. The first-order valence-electron chi connectivity index (χ1n) is 7.03. The number of amides is 1. The number of rotatable bonds is 5.